The normalized spacial score (nSPS) is 14.8. The topological polar surface area (TPSA) is 76.1 Å². The predicted octanol–water partition coefficient (Wildman–Crippen LogP) is 1.93. The summed E-state index contributed by atoms with van der Waals surface area (Å²) in [5.41, 5.74) is 1.53. The Bertz CT molecular complexity index is 522. The summed E-state index contributed by atoms with van der Waals surface area (Å²) < 4.78 is 10.8. The molecule has 0 aliphatic carbocycles. The number of carboxylic acid groups (broad SMARTS) is 1. The lowest BCUT2D eigenvalue weighted by Gasteiger charge is -2.22. The van der Waals surface area contributed by atoms with E-state index in [4.69, 9.17) is 14.6 Å². The van der Waals surface area contributed by atoms with Gasteiger partial charge in [-0.1, -0.05) is 12.1 Å². The molecule has 1 aliphatic rings. The summed E-state index contributed by atoms with van der Waals surface area (Å²) in [6, 6.07) is 7.13. The maximum atomic E-state index is 12.5. The van der Waals surface area contributed by atoms with E-state index in [1.807, 2.05) is 19.1 Å². The molecule has 6 heteroatoms. The molecule has 1 aromatic carbocycles. The lowest BCUT2D eigenvalue weighted by atomic mass is 10.1. The molecular formula is C17H23NO5. The van der Waals surface area contributed by atoms with E-state index >= 15 is 0 Å². The van der Waals surface area contributed by atoms with Crippen LogP contribution in [0, 0.1) is 0 Å². The zero-order valence-corrected chi connectivity index (χ0v) is 13.4. The van der Waals surface area contributed by atoms with Crippen molar-refractivity contribution < 1.29 is 24.2 Å². The number of benzene rings is 1. The number of nitrogens with zero attached hydrogens (tertiary/aromatic N) is 1. The Morgan fingerprint density at radius 3 is 2.43 bits per heavy atom. The molecule has 0 unspecified atom stereocenters. The molecule has 0 saturated carbocycles. The molecule has 1 aromatic rings. The Morgan fingerprint density at radius 2 is 1.87 bits per heavy atom. The number of hydrogen-bond acceptors (Lipinski definition) is 4. The van der Waals surface area contributed by atoms with Gasteiger partial charge in [-0.2, -0.15) is 0 Å². The number of ether oxygens (including phenoxy) is 2. The van der Waals surface area contributed by atoms with E-state index in [9.17, 15) is 9.59 Å². The lowest BCUT2D eigenvalue weighted by Crippen LogP contribution is -2.33. The van der Waals surface area contributed by atoms with Gasteiger partial charge in [-0.05, 0) is 31.0 Å². The molecule has 1 aliphatic heterocycles. The third kappa shape index (κ3) is 5.33. The monoisotopic (exact) mass is 321 g/mol. The smallest absolute Gasteiger partial charge is 0.303 e. The van der Waals surface area contributed by atoms with E-state index in [1.165, 1.54) is 0 Å². The average molecular weight is 321 g/mol. The van der Waals surface area contributed by atoms with Gasteiger partial charge in [-0.3, -0.25) is 9.59 Å². The van der Waals surface area contributed by atoms with Crippen molar-refractivity contribution in [3.63, 3.8) is 0 Å². The van der Waals surface area contributed by atoms with Gasteiger partial charge in [-0.15, -0.1) is 0 Å². The van der Waals surface area contributed by atoms with E-state index in [1.54, 1.807) is 17.0 Å². The first-order chi connectivity index (χ1) is 11.1. The fourth-order valence-corrected chi connectivity index (χ4v) is 2.49. The summed E-state index contributed by atoms with van der Waals surface area (Å²) in [7, 11) is 0. The molecule has 1 N–H and O–H groups in total. The van der Waals surface area contributed by atoms with Gasteiger partial charge in [-0.25, -0.2) is 0 Å². The molecule has 1 heterocycles. The molecule has 23 heavy (non-hydrogen) atoms. The Morgan fingerprint density at radius 1 is 1.22 bits per heavy atom. The van der Waals surface area contributed by atoms with Gasteiger partial charge in [0.25, 0.3) is 5.91 Å². The highest BCUT2D eigenvalue weighted by atomic mass is 16.7. The van der Waals surface area contributed by atoms with Gasteiger partial charge in [0.15, 0.2) is 6.29 Å². The highest BCUT2D eigenvalue weighted by Gasteiger charge is 2.20. The minimum Gasteiger partial charge on any atom is -0.481 e. The Hall–Kier alpha value is -1.92. The number of carbonyl (C=O) groups is 2. The predicted molar refractivity (Wildman–Crippen MR) is 84.3 cm³/mol. The number of aliphatic carboxylic acids is 1. The lowest BCUT2D eigenvalue weighted by molar-refractivity contribution is -0.136. The van der Waals surface area contributed by atoms with Gasteiger partial charge < -0.3 is 19.5 Å². The van der Waals surface area contributed by atoms with Crippen LogP contribution in [0.3, 0.4) is 0 Å². The van der Waals surface area contributed by atoms with Crippen LogP contribution < -0.4 is 0 Å². The first-order valence-electron chi connectivity index (χ1n) is 7.93. The molecular weight excluding hydrogens is 298 g/mol. The Balaban J connectivity index is 1.89. The second kappa shape index (κ2) is 8.64. The van der Waals surface area contributed by atoms with Crippen LogP contribution in [-0.2, 0) is 20.7 Å². The fraction of sp³-hybridized carbons (Fsp3) is 0.529. The fourth-order valence-electron chi connectivity index (χ4n) is 2.49. The Labute approximate surface area is 136 Å². The number of rotatable bonds is 8. The summed E-state index contributed by atoms with van der Waals surface area (Å²) in [4.78, 5) is 24.8. The van der Waals surface area contributed by atoms with Crippen molar-refractivity contribution in [2.45, 2.75) is 32.5 Å². The van der Waals surface area contributed by atoms with Crippen LogP contribution in [0.25, 0.3) is 0 Å². The number of carbonyl (C=O) groups excluding carboxylic acids is 1. The highest BCUT2D eigenvalue weighted by Crippen LogP contribution is 2.13. The number of amides is 1. The van der Waals surface area contributed by atoms with Crippen molar-refractivity contribution in [2.24, 2.45) is 0 Å². The molecule has 0 radical (unpaired) electrons. The van der Waals surface area contributed by atoms with Gasteiger partial charge in [0.1, 0.15) is 0 Å². The quantitative estimate of drug-likeness (QED) is 0.792. The van der Waals surface area contributed by atoms with Gasteiger partial charge >= 0.3 is 5.97 Å². The minimum absolute atomic E-state index is 0.0321. The molecule has 0 atom stereocenters. The molecule has 6 nitrogen and oxygen atoms in total. The third-order valence-corrected chi connectivity index (χ3v) is 3.82. The number of carboxylic acids is 1. The zero-order chi connectivity index (χ0) is 16.7. The van der Waals surface area contributed by atoms with Crippen molar-refractivity contribution >= 4 is 11.9 Å². The highest BCUT2D eigenvalue weighted by molar-refractivity contribution is 5.94. The van der Waals surface area contributed by atoms with E-state index in [0.717, 1.165) is 5.56 Å². The molecule has 1 fully saturated rings. The molecule has 0 bridgehead atoms. The average Bonchev–Trinajstić information content (AvgIpc) is 3.07. The van der Waals surface area contributed by atoms with Crippen molar-refractivity contribution in [1.82, 2.24) is 4.90 Å². The first kappa shape index (κ1) is 17.4. The van der Waals surface area contributed by atoms with E-state index < -0.39 is 5.97 Å². The van der Waals surface area contributed by atoms with Crippen molar-refractivity contribution in [3.05, 3.63) is 35.4 Å². The largest absolute Gasteiger partial charge is 0.481 e. The van der Waals surface area contributed by atoms with Crippen LogP contribution in [0.1, 0.15) is 35.7 Å². The molecule has 1 saturated heterocycles. The third-order valence-electron chi connectivity index (χ3n) is 3.82. The molecule has 0 aromatic heterocycles. The second-order valence-electron chi connectivity index (χ2n) is 5.44. The minimum atomic E-state index is -0.821. The Kier molecular flexibility index (Phi) is 6.55. The van der Waals surface area contributed by atoms with Crippen LogP contribution in [0.5, 0.6) is 0 Å². The number of hydrogen-bond donors (Lipinski definition) is 1. The second-order valence-corrected chi connectivity index (χ2v) is 5.44. The summed E-state index contributed by atoms with van der Waals surface area (Å²) in [6.07, 6.45) is 1.01. The van der Waals surface area contributed by atoms with E-state index in [-0.39, 0.29) is 18.6 Å². The van der Waals surface area contributed by atoms with Crippen molar-refractivity contribution in [1.29, 1.82) is 0 Å². The molecule has 126 valence electrons. The molecule has 2 rings (SSSR count). The van der Waals surface area contributed by atoms with Gasteiger partial charge in [0, 0.05) is 31.5 Å². The van der Waals surface area contributed by atoms with Gasteiger partial charge in [0.05, 0.1) is 13.2 Å². The number of aryl methyl sites for hydroxylation is 1. The zero-order valence-electron chi connectivity index (χ0n) is 13.4. The summed E-state index contributed by atoms with van der Waals surface area (Å²) in [6.45, 7) is 4.37. The SMILES string of the molecule is CCN(CCC1OCCO1)C(=O)c1ccc(CCC(=O)O)cc1. The van der Waals surface area contributed by atoms with Crippen LogP contribution in [-0.4, -0.2) is 54.5 Å². The first-order valence-corrected chi connectivity index (χ1v) is 7.93. The van der Waals surface area contributed by atoms with Crippen LogP contribution >= 0.6 is 0 Å². The summed E-state index contributed by atoms with van der Waals surface area (Å²) >= 11 is 0. The van der Waals surface area contributed by atoms with Crippen molar-refractivity contribution in [3.8, 4) is 0 Å². The van der Waals surface area contributed by atoms with Crippen LogP contribution in [0.15, 0.2) is 24.3 Å². The van der Waals surface area contributed by atoms with Crippen LogP contribution in [0.4, 0.5) is 0 Å². The molecule has 1 amide bonds. The van der Waals surface area contributed by atoms with Gasteiger partial charge in [0.2, 0.25) is 0 Å². The molecule has 0 spiro atoms. The summed E-state index contributed by atoms with van der Waals surface area (Å²) in [5, 5.41) is 8.69. The standard InChI is InChI=1S/C17H23NO5/c1-2-18(10-9-16-22-11-12-23-16)17(21)14-6-3-13(4-7-14)5-8-15(19)20/h3-4,6-7,16H,2,5,8-12H2,1H3,(H,19,20). The van der Waals surface area contributed by atoms with Crippen LogP contribution in [0.2, 0.25) is 0 Å². The van der Waals surface area contributed by atoms with E-state index in [0.29, 0.717) is 44.7 Å². The van der Waals surface area contributed by atoms with E-state index in [2.05, 4.69) is 0 Å². The maximum Gasteiger partial charge on any atom is 0.303 e. The van der Waals surface area contributed by atoms with Crippen molar-refractivity contribution in [2.75, 3.05) is 26.3 Å². The maximum absolute atomic E-state index is 12.5. The summed E-state index contributed by atoms with van der Waals surface area (Å²) in [5.74, 6) is -0.853.